The highest BCUT2D eigenvalue weighted by atomic mass is 79.9. The second-order valence-corrected chi connectivity index (χ2v) is 5.62. The summed E-state index contributed by atoms with van der Waals surface area (Å²) in [4.78, 5) is 0.429. The van der Waals surface area contributed by atoms with Gasteiger partial charge in [-0.2, -0.15) is 0 Å². The zero-order chi connectivity index (χ0) is 15.9. The van der Waals surface area contributed by atoms with Gasteiger partial charge in [0.05, 0.1) is 0 Å². The molecule has 5 N–H and O–H groups in total. The maximum atomic E-state index is 5.42. The first-order chi connectivity index (χ1) is 10.6. The van der Waals surface area contributed by atoms with Crippen LogP contribution in [0.2, 0.25) is 0 Å². The molecule has 112 valence electrons. The second-order valence-electron chi connectivity index (χ2n) is 4.30. The summed E-state index contributed by atoms with van der Waals surface area (Å²) in [5.41, 5.74) is 12.8. The molecule has 7 heteroatoms. The predicted octanol–water partition coefficient (Wildman–Crippen LogP) is 2.87. The van der Waals surface area contributed by atoms with E-state index >= 15 is 0 Å². The van der Waals surface area contributed by atoms with Gasteiger partial charge in [0.15, 0.2) is 0 Å². The summed E-state index contributed by atoms with van der Waals surface area (Å²) in [5.74, 6) is -0.125. The standard InChI is InChI=1S/C15H14BrN5S/c16-11-6-8-12(9-7-11)19-14(22)13(20-21-15(17)18)10-4-2-1-3-5-10/h1-9H,(H,19,22)(H4,17,18,21)/b20-13+. The Labute approximate surface area is 142 Å². The molecule has 22 heavy (non-hydrogen) atoms. The lowest BCUT2D eigenvalue weighted by Gasteiger charge is -2.10. The van der Waals surface area contributed by atoms with Crippen LogP contribution in [0.5, 0.6) is 0 Å². The van der Waals surface area contributed by atoms with Crippen molar-refractivity contribution in [3.8, 4) is 0 Å². The summed E-state index contributed by atoms with van der Waals surface area (Å²) in [6.07, 6.45) is 0. The molecule has 0 aliphatic heterocycles. The zero-order valence-corrected chi connectivity index (χ0v) is 13.9. The lowest BCUT2D eigenvalue weighted by Crippen LogP contribution is -2.24. The van der Waals surface area contributed by atoms with Gasteiger partial charge in [-0.15, -0.1) is 10.2 Å². The van der Waals surface area contributed by atoms with Gasteiger partial charge in [-0.05, 0) is 24.3 Å². The van der Waals surface area contributed by atoms with Crippen LogP contribution in [0.4, 0.5) is 5.69 Å². The van der Waals surface area contributed by atoms with E-state index in [9.17, 15) is 0 Å². The number of hydrogen-bond acceptors (Lipinski definition) is 3. The van der Waals surface area contributed by atoms with Gasteiger partial charge in [-0.1, -0.05) is 58.5 Å². The molecule has 0 unspecified atom stereocenters. The summed E-state index contributed by atoms with van der Waals surface area (Å²) in [7, 11) is 0. The van der Waals surface area contributed by atoms with Crippen LogP contribution in [-0.4, -0.2) is 16.7 Å². The van der Waals surface area contributed by atoms with Crippen molar-refractivity contribution in [3.05, 3.63) is 64.6 Å². The third kappa shape index (κ3) is 4.64. The van der Waals surface area contributed by atoms with E-state index in [-0.39, 0.29) is 5.96 Å². The van der Waals surface area contributed by atoms with Gasteiger partial charge in [-0.25, -0.2) is 0 Å². The number of thiocarbonyl (C=S) groups is 1. The monoisotopic (exact) mass is 375 g/mol. The molecule has 2 aromatic carbocycles. The Morgan fingerprint density at radius 1 is 0.955 bits per heavy atom. The third-order valence-electron chi connectivity index (χ3n) is 2.63. The first-order valence-electron chi connectivity index (χ1n) is 6.35. The number of anilines is 1. The van der Waals surface area contributed by atoms with E-state index in [1.807, 2.05) is 54.6 Å². The SMILES string of the molecule is NC(N)=N/N=C(/C(=S)Nc1ccc(Br)cc1)c1ccccc1. The highest BCUT2D eigenvalue weighted by Crippen LogP contribution is 2.15. The molecular weight excluding hydrogens is 362 g/mol. The number of nitrogens with zero attached hydrogens (tertiary/aromatic N) is 2. The van der Waals surface area contributed by atoms with E-state index in [4.69, 9.17) is 23.7 Å². The number of nitrogens with two attached hydrogens (primary N) is 2. The van der Waals surface area contributed by atoms with E-state index in [0.717, 1.165) is 15.7 Å². The molecule has 2 rings (SSSR count). The van der Waals surface area contributed by atoms with Gasteiger partial charge in [0.25, 0.3) is 0 Å². The smallest absolute Gasteiger partial charge is 0.211 e. The average molecular weight is 376 g/mol. The van der Waals surface area contributed by atoms with Crippen LogP contribution in [-0.2, 0) is 0 Å². The molecule has 0 aliphatic rings. The number of rotatable bonds is 4. The molecule has 0 aromatic heterocycles. The third-order valence-corrected chi connectivity index (χ3v) is 3.45. The van der Waals surface area contributed by atoms with Crippen LogP contribution in [0, 0.1) is 0 Å². The van der Waals surface area contributed by atoms with Crippen LogP contribution < -0.4 is 16.8 Å². The first kappa shape index (κ1) is 16.1. The molecule has 2 aromatic rings. The van der Waals surface area contributed by atoms with Crippen LogP contribution in [0.1, 0.15) is 5.56 Å². The summed E-state index contributed by atoms with van der Waals surface area (Å²) in [6.45, 7) is 0. The van der Waals surface area contributed by atoms with Crippen LogP contribution >= 0.6 is 28.1 Å². The Morgan fingerprint density at radius 2 is 1.59 bits per heavy atom. The molecule has 0 atom stereocenters. The van der Waals surface area contributed by atoms with E-state index in [1.54, 1.807) is 0 Å². The lowest BCUT2D eigenvalue weighted by atomic mass is 10.1. The van der Waals surface area contributed by atoms with Gasteiger partial charge < -0.3 is 16.8 Å². The van der Waals surface area contributed by atoms with E-state index in [1.165, 1.54) is 0 Å². The molecule has 0 amide bonds. The zero-order valence-electron chi connectivity index (χ0n) is 11.5. The minimum atomic E-state index is -0.125. The van der Waals surface area contributed by atoms with Crippen molar-refractivity contribution in [2.45, 2.75) is 0 Å². The fourth-order valence-corrected chi connectivity index (χ4v) is 2.20. The van der Waals surface area contributed by atoms with Crippen molar-refractivity contribution in [3.63, 3.8) is 0 Å². The Kier molecular flexibility index (Phi) is 5.62. The summed E-state index contributed by atoms with van der Waals surface area (Å²) >= 11 is 8.81. The Bertz CT molecular complexity index is 706. The molecule has 0 aliphatic carbocycles. The van der Waals surface area contributed by atoms with Gasteiger partial charge in [0.2, 0.25) is 5.96 Å². The summed E-state index contributed by atoms with van der Waals surface area (Å²) in [5, 5.41) is 10.9. The predicted molar refractivity (Wildman–Crippen MR) is 99.2 cm³/mol. The number of guanidine groups is 1. The molecule has 0 bridgehead atoms. The maximum absolute atomic E-state index is 5.42. The van der Waals surface area contributed by atoms with Gasteiger partial charge in [0.1, 0.15) is 10.7 Å². The molecule has 0 radical (unpaired) electrons. The molecule has 0 fully saturated rings. The normalized spacial score (nSPS) is 10.9. The highest BCUT2D eigenvalue weighted by Gasteiger charge is 2.10. The van der Waals surface area contributed by atoms with Crippen molar-refractivity contribution >= 4 is 50.5 Å². The maximum Gasteiger partial charge on any atom is 0.211 e. The average Bonchev–Trinajstić information content (AvgIpc) is 2.50. The molecule has 0 saturated heterocycles. The highest BCUT2D eigenvalue weighted by molar-refractivity contribution is 9.10. The Hall–Kier alpha value is -2.25. The van der Waals surface area contributed by atoms with Crippen LogP contribution in [0.3, 0.4) is 0 Å². The largest absolute Gasteiger partial charge is 0.369 e. The van der Waals surface area contributed by atoms with E-state index in [2.05, 4.69) is 31.4 Å². The van der Waals surface area contributed by atoms with Crippen molar-refractivity contribution in [2.24, 2.45) is 21.7 Å². The number of benzene rings is 2. The van der Waals surface area contributed by atoms with Crippen molar-refractivity contribution in [2.75, 3.05) is 5.32 Å². The van der Waals surface area contributed by atoms with Crippen molar-refractivity contribution in [1.29, 1.82) is 0 Å². The Morgan fingerprint density at radius 3 is 2.18 bits per heavy atom. The number of halogens is 1. The number of hydrogen-bond donors (Lipinski definition) is 3. The summed E-state index contributed by atoms with van der Waals surface area (Å²) < 4.78 is 0.987. The second kappa shape index (κ2) is 7.67. The molecule has 0 spiro atoms. The molecule has 5 nitrogen and oxygen atoms in total. The fraction of sp³-hybridized carbons (Fsp3) is 0. The molecule has 0 saturated carbocycles. The summed E-state index contributed by atoms with van der Waals surface area (Å²) in [6, 6.07) is 17.1. The van der Waals surface area contributed by atoms with Crippen molar-refractivity contribution in [1.82, 2.24) is 0 Å². The number of nitrogens with one attached hydrogen (secondary N) is 1. The lowest BCUT2D eigenvalue weighted by molar-refractivity contribution is 1.21. The van der Waals surface area contributed by atoms with Gasteiger partial charge in [-0.3, -0.25) is 0 Å². The molecule has 0 heterocycles. The quantitative estimate of drug-likeness (QED) is 0.331. The van der Waals surface area contributed by atoms with Crippen molar-refractivity contribution < 1.29 is 0 Å². The fourth-order valence-electron chi connectivity index (χ4n) is 1.66. The van der Waals surface area contributed by atoms with Gasteiger partial charge in [0, 0.05) is 15.7 Å². The topological polar surface area (TPSA) is 88.8 Å². The van der Waals surface area contributed by atoms with Crippen LogP contribution in [0.15, 0.2) is 69.3 Å². The van der Waals surface area contributed by atoms with E-state index in [0.29, 0.717) is 10.7 Å². The van der Waals surface area contributed by atoms with Gasteiger partial charge >= 0.3 is 0 Å². The minimum Gasteiger partial charge on any atom is -0.369 e. The van der Waals surface area contributed by atoms with Crippen LogP contribution in [0.25, 0.3) is 0 Å². The molecular formula is C15H14BrN5S. The minimum absolute atomic E-state index is 0.125. The first-order valence-corrected chi connectivity index (χ1v) is 7.55. The Balaban J connectivity index is 2.29. The van der Waals surface area contributed by atoms with E-state index < -0.39 is 0 Å².